The van der Waals surface area contributed by atoms with Crippen LogP contribution in [0, 0.1) is 11.8 Å². The van der Waals surface area contributed by atoms with E-state index in [1.54, 1.807) is 28.0 Å². The van der Waals surface area contributed by atoms with Crippen LogP contribution in [0.2, 0.25) is 0 Å². The number of piperazine rings is 1. The third kappa shape index (κ3) is 2.88. The van der Waals surface area contributed by atoms with Crippen molar-refractivity contribution in [2.75, 3.05) is 33.0 Å². The summed E-state index contributed by atoms with van der Waals surface area (Å²) in [6.07, 6.45) is 0.421. The van der Waals surface area contributed by atoms with Crippen molar-refractivity contribution in [1.82, 2.24) is 9.80 Å². The van der Waals surface area contributed by atoms with E-state index in [4.69, 9.17) is 14.6 Å². The molecule has 2 amide bonds. The second kappa shape index (κ2) is 5.94. The first-order chi connectivity index (χ1) is 12.0. The molecule has 0 radical (unpaired) electrons. The molecule has 4 rings (SSSR count). The first kappa shape index (κ1) is 15.7. The highest BCUT2D eigenvalue weighted by molar-refractivity contribution is 5.95. The van der Waals surface area contributed by atoms with Crippen molar-refractivity contribution in [3.8, 4) is 11.5 Å². The van der Waals surface area contributed by atoms with Gasteiger partial charge in [-0.05, 0) is 24.6 Å². The minimum absolute atomic E-state index is 0.109. The molecule has 8 heteroatoms. The largest absolute Gasteiger partial charge is 0.481 e. The SMILES string of the molecule is O=C(O)[C@H]1C[C@H]1C(=O)N1CCN(C(=O)c2ccc3c(c2)OCO3)CC1. The zero-order chi connectivity index (χ0) is 17.6. The molecule has 0 aromatic heterocycles. The molecule has 1 saturated heterocycles. The maximum absolute atomic E-state index is 12.6. The lowest BCUT2D eigenvalue weighted by molar-refractivity contribution is -0.142. The Hall–Kier alpha value is -2.77. The smallest absolute Gasteiger partial charge is 0.307 e. The molecule has 2 atom stereocenters. The van der Waals surface area contributed by atoms with Gasteiger partial charge in [-0.15, -0.1) is 0 Å². The first-order valence-electron chi connectivity index (χ1n) is 8.25. The molecule has 1 aliphatic carbocycles. The Labute approximate surface area is 143 Å². The van der Waals surface area contributed by atoms with Gasteiger partial charge in [-0.25, -0.2) is 0 Å². The number of nitrogens with zero attached hydrogens (tertiary/aromatic N) is 2. The highest BCUT2D eigenvalue weighted by Crippen LogP contribution is 2.40. The molecule has 1 N–H and O–H groups in total. The van der Waals surface area contributed by atoms with Gasteiger partial charge < -0.3 is 24.4 Å². The molecule has 1 aromatic carbocycles. The van der Waals surface area contributed by atoms with E-state index in [2.05, 4.69) is 0 Å². The zero-order valence-electron chi connectivity index (χ0n) is 13.5. The van der Waals surface area contributed by atoms with E-state index in [1.807, 2.05) is 0 Å². The molecule has 2 fully saturated rings. The molecule has 132 valence electrons. The van der Waals surface area contributed by atoms with Gasteiger partial charge in [0.15, 0.2) is 11.5 Å². The minimum Gasteiger partial charge on any atom is -0.481 e. The molecule has 0 unspecified atom stereocenters. The van der Waals surface area contributed by atoms with Crippen LogP contribution in [0.15, 0.2) is 18.2 Å². The minimum atomic E-state index is -0.907. The number of carboxylic acids is 1. The number of benzene rings is 1. The third-order valence-electron chi connectivity index (χ3n) is 4.92. The Kier molecular flexibility index (Phi) is 3.74. The summed E-state index contributed by atoms with van der Waals surface area (Å²) in [7, 11) is 0. The Balaban J connectivity index is 1.35. The highest BCUT2D eigenvalue weighted by atomic mass is 16.7. The molecule has 1 saturated carbocycles. The number of carbonyl (C=O) groups excluding carboxylic acids is 2. The first-order valence-corrected chi connectivity index (χ1v) is 8.25. The number of carboxylic acid groups (broad SMARTS) is 1. The second-order valence-corrected chi connectivity index (χ2v) is 6.47. The summed E-state index contributed by atoms with van der Waals surface area (Å²) in [6, 6.07) is 5.09. The third-order valence-corrected chi connectivity index (χ3v) is 4.92. The number of ether oxygens (including phenoxy) is 2. The van der Waals surface area contributed by atoms with E-state index in [1.165, 1.54) is 0 Å². The van der Waals surface area contributed by atoms with Gasteiger partial charge in [0.25, 0.3) is 5.91 Å². The topological polar surface area (TPSA) is 96.4 Å². The van der Waals surface area contributed by atoms with Gasteiger partial charge in [0.1, 0.15) is 0 Å². The van der Waals surface area contributed by atoms with Crippen molar-refractivity contribution < 1.29 is 29.0 Å². The summed E-state index contributed by atoms with van der Waals surface area (Å²) in [5.74, 6) is -0.871. The van der Waals surface area contributed by atoms with Gasteiger partial charge in [0.05, 0.1) is 11.8 Å². The van der Waals surface area contributed by atoms with Crippen molar-refractivity contribution in [3.05, 3.63) is 23.8 Å². The van der Waals surface area contributed by atoms with Crippen LogP contribution in [0.3, 0.4) is 0 Å². The average Bonchev–Trinajstić information content (AvgIpc) is 3.30. The molecule has 2 aliphatic heterocycles. The summed E-state index contributed by atoms with van der Waals surface area (Å²) in [5.41, 5.74) is 0.525. The van der Waals surface area contributed by atoms with Gasteiger partial charge in [0, 0.05) is 31.7 Å². The highest BCUT2D eigenvalue weighted by Gasteiger charge is 2.50. The number of rotatable bonds is 3. The predicted octanol–water partition coefficient (Wildman–Crippen LogP) is 0.420. The fraction of sp³-hybridized carbons (Fsp3) is 0.471. The monoisotopic (exact) mass is 346 g/mol. The molecule has 25 heavy (non-hydrogen) atoms. The number of hydrogen-bond donors (Lipinski definition) is 1. The van der Waals surface area contributed by atoms with Gasteiger partial charge in [-0.1, -0.05) is 0 Å². The van der Waals surface area contributed by atoms with Crippen molar-refractivity contribution >= 4 is 17.8 Å². The van der Waals surface area contributed by atoms with E-state index in [0.717, 1.165) is 0 Å². The predicted molar refractivity (Wildman–Crippen MR) is 84.3 cm³/mol. The number of hydrogen-bond acceptors (Lipinski definition) is 5. The van der Waals surface area contributed by atoms with Crippen LogP contribution in [-0.2, 0) is 9.59 Å². The van der Waals surface area contributed by atoms with Crippen molar-refractivity contribution in [2.45, 2.75) is 6.42 Å². The molecule has 8 nitrogen and oxygen atoms in total. The number of fused-ring (bicyclic) bond motifs is 1. The van der Waals surface area contributed by atoms with Crippen LogP contribution >= 0.6 is 0 Å². The molecule has 0 bridgehead atoms. The van der Waals surface area contributed by atoms with E-state index >= 15 is 0 Å². The Morgan fingerprint density at radius 2 is 1.64 bits per heavy atom. The van der Waals surface area contributed by atoms with Crippen LogP contribution in [0.1, 0.15) is 16.8 Å². The van der Waals surface area contributed by atoms with Gasteiger partial charge in [0.2, 0.25) is 12.7 Å². The fourth-order valence-corrected chi connectivity index (χ4v) is 3.32. The Morgan fingerprint density at radius 1 is 0.960 bits per heavy atom. The summed E-state index contributed by atoms with van der Waals surface area (Å²) < 4.78 is 10.5. The summed E-state index contributed by atoms with van der Waals surface area (Å²) in [5, 5.41) is 8.94. The summed E-state index contributed by atoms with van der Waals surface area (Å²) >= 11 is 0. The Morgan fingerprint density at radius 3 is 2.32 bits per heavy atom. The normalized spacial score (nSPS) is 24.2. The lowest BCUT2D eigenvalue weighted by atomic mass is 10.1. The molecular weight excluding hydrogens is 328 g/mol. The lowest BCUT2D eigenvalue weighted by Crippen LogP contribution is -2.51. The van der Waals surface area contributed by atoms with E-state index in [-0.39, 0.29) is 18.6 Å². The zero-order valence-corrected chi connectivity index (χ0v) is 13.5. The van der Waals surface area contributed by atoms with Crippen molar-refractivity contribution in [1.29, 1.82) is 0 Å². The molecular formula is C17H18N2O6. The van der Waals surface area contributed by atoms with E-state index in [9.17, 15) is 14.4 Å². The van der Waals surface area contributed by atoms with Gasteiger partial charge >= 0.3 is 5.97 Å². The maximum atomic E-state index is 12.6. The fourth-order valence-electron chi connectivity index (χ4n) is 3.32. The number of carbonyl (C=O) groups is 3. The summed E-state index contributed by atoms with van der Waals surface area (Å²) in [4.78, 5) is 39.1. The van der Waals surface area contributed by atoms with Crippen molar-refractivity contribution in [2.24, 2.45) is 11.8 Å². The van der Waals surface area contributed by atoms with Crippen LogP contribution in [0.4, 0.5) is 0 Å². The average molecular weight is 346 g/mol. The van der Waals surface area contributed by atoms with Crippen LogP contribution in [-0.4, -0.2) is 65.7 Å². The molecule has 2 heterocycles. The van der Waals surface area contributed by atoms with Crippen LogP contribution in [0.25, 0.3) is 0 Å². The number of aliphatic carboxylic acids is 1. The quantitative estimate of drug-likeness (QED) is 0.852. The molecule has 3 aliphatic rings. The maximum Gasteiger partial charge on any atom is 0.307 e. The van der Waals surface area contributed by atoms with Crippen LogP contribution < -0.4 is 9.47 Å². The number of amides is 2. The molecule has 1 aromatic rings. The summed E-state index contributed by atoms with van der Waals surface area (Å²) in [6.45, 7) is 1.88. The molecule has 0 spiro atoms. The second-order valence-electron chi connectivity index (χ2n) is 6.47. The Bertz CT molecular complexity index is 741. The van der Waals surface area contributed by atoms with E-state index < -0.39 is 17.8 Å². The standard InChI is InChI=1S/C17H18N2O6/c20-15(10-1-2-13-14(7-10)25-9-24-13)18-3-5-19(6-4-18)16(21)11-8-12(11)17(22)23/h1-2,7,11-12H,3-6,8-9H2,(H,22,23)/t11-,12+/m1/s1. The van der Waals surface area contributed by atoms with Crippen LogP contribution in [0.5, 0.6) is 11.5 Å². The van der Waals surface area contributed by atoms with Gasteiger partial charge in [-0.2, -0.15) is 0 Å². The van der Waals surface area contributed by atoms with Crippen molar-refractivity contribution in [3.63, 3.8) is 0 Å². The lowest BCUT2D eigenvalue weighted by Gasteiger charge is -2.35. The van der Waals surface area contributed by atoms with E-state index in [0.29, 0.717) is 49.7 Å². The van der Waals surface area contributed by atoms with Gasteiger partial charge in [-0.3, -0.25) is 14.4 Å².